The molecule has 2 aromatic rings. The summed E-state index contributed by atoms with van der Waals surface area (Å²) < 4.78 is 11.0. The number of ether oxygens (including phenoxy) is 2. The van der Waals surface area contributed by atoms with Crippen molar-refractivity contribution in [3.8, 4) is 5.75 Å². The molecular weight excluding hydrogens is 394 g/mol. The number of benzene rings is 2. The fourth-order valence-electron chi connectivity index (χ4n) is 3.39. The Kier molecular flexibility index (Phi) is 5.99. The Morgan fingerprint density at radius 2 is 1.72 bits per heavy atom. The van der Waals surface area contributed by atoms with Crippen molar-refractivity contribution in [2.24, 2.45) is 0 Å². The topological polar surface area (TPSA) is 79.9 Å². The molecule has 7 nitrogen and oxygen atoms in total. The van der Waals surface area contributed by atoms with E-state index in [2.05, 4.69) is 15.5 Å². The lowest BCUT2D eigenvalue weighted by molar-refractivity contribution is -0.122. The van der Waals surface area contributed by atoms with E-state index >= 15 is 0 Å². The molecule has 152 valence electrons. The van der Waals surface area contributed by atoms with Crippen LogP contribution < -0.4 is 15.4 Å². The standard InChI is InChI=1S/C21H22ClN3O4/c22-15-1-6-18-14(11-15)12-19(29-18)21(27)24-17-4-2-16(3-5-17)23-20(26)13-25-7-9-28-10-8-25/h1-6,11,19H,7-10,12-13H2,(H,23,26)(H,24,27)/t19-/m1/s1. The molecule has 2 heterocycles. The highest BCUT2D eigenvalue weighted by molar-refractivity contribution is 6.30. The van der Waals surface area contributed by atoms with E-state index in [0.717, 1.165) is 18.7 Å². The summed E-state index contributed by atoms with van der Waals surface area (Å²) in [5.74, 6) is 0.397. The fourth-order valence-corrected chi connectivity index (χ4v) is 3.58. The number of nitrogens with one attached hydrogen (secondary N) is 2. The van der Waals surface area contributed by atoms with E-state index in [9.17, 15) is 9.59 Å². The van der Waals surface area contributed by atoms with Crippen LogP contribution in [0.1, 0.15) is 5.56 Å². The maximum Gasteiger partial charge on any atom is 0.265 e. The van der Waals surface area contributed by atoms with E-state index in [1.54, 1.807) is 36.4 Å². The number of rotatable bonds is 5. The van der Waals surface area contributed by atoms with Crippen LogP contribution in [-0.2, 0) is 20.7 Å². The molecule has 0 saturated carbocycles. The van der Waals surface area contributed by atoms with Crippen LogP contribution in [0, 0.1) is 0 Å². The van der Waals surface area contributed by atoms with Crippen LogP contribution in [0.5, 0.6) is 5.75 Å². The molecule has 29 heavy (non-hydrogen) atoms. The zero-order chi connectivity index (χ0) is 20.2. The van der Waals surface area contributed by atoms with Gasteiger partial charge in [-0.05, 0) is 48.0 Å². The number of carbonyl (C=O) groups is 2. The van der Waals surface area contributed by atoms with E-state index in [1.807, 2.05) is 6.07 Å². The summed E-state index contributed by atoms with van der Waals surface area (Å²) in [5, 5.41) is 6.34. The van der Waals surface area contributed by atoms with Gasteiger partial charge in [0.05, 0.1) is 19.8 Å². The van der Waals surface area contributed by atoms with Gasteiger partial charge in [-0.15, -0.1) is 0 Å². The van der Waals surface area contributed by atoms with Gasteiger partial charge in [0.1, 0.15) is 5.75 Å². The molecule has 2 aliphatic rings. The zero-order valence-corrected chi connectivity index (χ0v) is 16.6. The predicted molar refractivity (Wildman–Crippen MR) is 111 cm³/mol. The van der Waals surface area contributed by atoms with Gasteiger partial charge in [-0.25, -0.2) is 0 Å². The van der Waals surface area contributed by atoms with Gasteiger partial charge < -0.3 is 20.1 Å². The van der Waals surface area contributed by atoms with Crippen molar-refractivity contribution >= 4 is 34.8 Å². The van der Waals surface area contributed by atoms with Crippen LogP contribution in [-0.4, -0.2) is 55.7 Å². The van der Waals surface area contributed by atoms with E-state index in [0.29, 0.717) is 48.3 Å². The minimum atomic E-state index is -0.587. The molecule has 4 rings (SSSR count). The Hall–Kier alpha value is -2.61. The quantitative estimate of drug-likeness (QED) is 0.784. The molecule has 0 bridgehead atoms. The van der Waals surface area contributed by atoms with Gasteiger partial charge in [-0.3, -0.25) is 14.5 Å². The van der Waals surface area contributed by atoms with Crippen LogP contribution in [0.25, 0.3) is 0 Å². The maximum absolute atomic E-state index is 12.5. The molecule has 0 aromatic heterocycles. The Balaban J connectivity index is 1.28. The minimum Gasteiger partial charge on any atom is -0.480 e. The van der Waals surface area contributed by atoms with E-state index in [-0.39, 0.29) is 11.8 Å². The Morgan fingerprint density at radius 3 is 2.45 bits per heavy atom. The van der Waals surface area contributed by atoms with Gasteiger partial charge in [-0.2, -0.15) is 0 Å². The lowest BCUT2D eigenvalue weighted by Gasteiger charge is -2.25. The van der Waals surface area contributed by atoms with Gasteiger partial charge in [0.25, 0.3) is 5.91 Å². The molecule has 0 aliphatic carbocycles. The lowest BCUT2D eigenvalue weighted by Crippen LogP contribution is -2.41. The highest BCUT2D eigenvalue weighted by Gasteiger charge is 2.29. The number of hydrogen-bond acceptors (Lipinski definition) is 5. The highest BCUT2D eigenvalue weighted by atomic mass is 35.5. The predicted octanol–water partition coefficient (Wildman–Crippen LogP) is 2.55. The van der Waals surface area contributed by atoms with Gasteiger partial charge in [0, 0.05) is 35.9 Å². The van der Waals surface area contributed by atoms with Gasteiger partial charge in [-0.1, -0.05) is 11.6 Å². The molecule has 1 atom stereocenters. The maximum atomic E-state index is 12.5. The summed E-state index contributed by atoms with van der Waals surface area (Å²) in [7, 11) is 0. The molecule has 0 unspecified atom stereocenters. The summed E-state index contributed by atoms with van der Waals surface area (Å²) in [6.45, 7) is 3.18. The molecule has 0 spiro atoms. The molecule has 0 radical (unpaired) electrons. The van der Waals surface area contributed by atoms with Crippen LogP contribution in [0.2, 0.25) is 5.02 Å². The first kappa shape index (κ1) is 19.7. The number of halogens is 1. The smallest absolute Gasteiger partial charge is 0.265 e. The van der Waals surface area contributed by atoms with E-state index in [4.69, 9.17) is 21.1 Å². The monoisotopic (exact) mass is 415 g/mol. The summed E-state index contributed by atoms with van der Waals surface area (Å²) >= 11 is 5.99. The molecule has 2 amide bonds. The van der Waals surface area contributed by atoms with Crippen LogP contribution in [0.4, 0.5) is 11.4 Å². The number of carbonyl (C=O) groups excluding carboxylic acids is 2. The molecule has 2 N–H and O–H groups in total. The number of nitrogens with zero attached hydrogens (tertiary/aromatic N) is 1. The first-order chi connectivity index (χ1) is 14.1. The molecule has 2 aromatic carbocycles. The van der Waals surface area contributed by atoms with Crippen LogP contribution >= 0.6 is 11.6 Å². The third-order valence-electron chi connectivity index (χ3n) is 4.90. The van der Waals surface area contributed by atoms with Gasteiger partial charge in [0.2, 0.25) is 5.91 Å². The SMILES string of the molecule is O=C(CN1CCOCC1)Nc1ccc(NC(=O)[C@H]2Cc3cc(Cl)ccc3O2)cc1. The molecule has 1 fully saturated rings. The van der Waals surface area contributed by atoms with Crippen molar-refractivity contribution in [1.29, 1.82) is 0 Å². The minimum absolute atomic E-state index is 0.0699. The first-order valence-corrected chi connectivity index (χ1v) is 9.90. The largest absolute Gasteiger partial charge is 0.480 e. The summed E-state index contributed by atoms with van der Waals surface area (Å²) in [4.78, 5) is 26.7. The number of fused-ring (bicyclic) bond motifs is 1. The Morgan fingerprint density at radius 1 is 1.03 bits per heavy atom. The van der Waals surface area contributed by atoms with Crippen molar-refractivity contribution in [1.82, 2.24) is 4.90 Å². The van der Waals surface area contributed by atoms with Crippen molar-refractivity contribution in [2.45, 2.75) is 12.5 Å². The number of morpholine rings is 1. The van der Waals surface area contributed by atoms with Gasteiger partial charge >= 0.3 is 0 Å². The zero-order valence-electron chi connectivity index (χ0n) is 15.8. The lowest BCUT2D eigenvalue weighted by atomic mass is 10.1. The summed E-state index contributed by atoms with van der Waals surface area (Å²) in [5.41, 5.74) is 2.25. The van der Waals surface area contributed by atoms with Crippen molar-refractivity contribution in [3.63, 3.8) is 0 Å². The number of amides is 2. The number of hydrogen-bond donors (Lipinski definition) is 2. The molecule has 2 aliphatic heterocycles. The Bertz CT molecular complexity index is 897. The summed E-state index contributed by atoms with van der Waals surface area (Å²) in [6.07, 6.45) is -0.103. The second kappa shape index (κ2) is 8.82. The third kappa shape index (κ3) is 5.06. The highest BCUT2D eigenvalue weighted by Crippen LogP contribution is 2.31. The molecule has 8 heteroatoms. The fraction of sp³-hybridized carbons (Fsp3) is 0.333. The van der Waals surface area contributed by atoms with E-state index < -0.39 is 6.10 Å². The average molecular weight is 416 g/mol. The Labute approximate surface area is 173 Å². The molecule has 1 saturated heterocycles. The second-order valence-electron chi connectivity index (χ2n) is 7.07. The summed E-state index contributed by atoms with van der Waals surface area (Å²) in [6, 6.07) is 12.4. The molecular formula is C21H22ClN3O4. The number of anilines is 2. The van der Waals surface area contributed by atoms with E-state index in [1.165, 1.54) is 0 Å². The van der Waals surface area contributed by atoms with Crippen molar-refractivity contribution in [2.75, 3.05) is 43.5 Å². The second-order valence-corrected chi connectivity index (χ2v) is 7.50. The van der Waals surface area contributed by atoms with Crippen LogP contribution in [0.3, 0.4) is 0 Å². The normalized spacial score (nSPS) is 18.6. The average Bonchev–Trinajstić information content (AvgIpc) is 3.13. The van der Waals surface area contributed by atoms with Gasteiger partial charge in [0.15, 0.2) is 6.10 Å². The van der Waals surface area contributed by atoms with Crippen molar-refractivity contribution < 1.29 is 19.1 Å². The third-order valence-corrected chi connectivity index (χ3v) is 5.13. The first-order valence-electron chi connectivity index (χ1n) is 9.53. The van der Waals surface area contributed by atoms with Crippen molar-refractivity contribution in [3.05, 3.63) is 53.1 Å². The van der Waals surface area contributed by atoms with Crippen LogP contribution in [0.15, 0.2) is 42.5 Å².